The summed E-state index contributed by atoms with van der Waals surface area (Å²) in [5.74, 6) is 0.444. The van der Waals surface area contributed by atoms with E-state index in [4.69, 9.17) is 26.7 Å². The first kappa shape index (κ1) is 17.9. The summed E-state index contributed by atoms with van der Waals surface area (Å²) in [6.45, 7) is 2.32. The molecule has 1 saturated heterocycles. The number of hydrogen-bond donors (Lipinski definition) is 3. The zero-order valence-electron chi connectivity index (χ0n) is 14.5. The summed E-state index contributed by atoms with van der Waals surface area (Å²) in [5.41, 5.74) is 21.6. The maximum Gasteiger partial charge on any atom is 0.131 e. The molecule has 6 N–H and O–H groups in total. The first-order chi connectivity index (χ1) is 12.7. The fraction of sp³-hybridized carbons (Fsp3) is 0.263. The number of pyridine rings is 1. The summed E-state index contributed by atoms with van der Waals surface area (Å²) in [6.07, 6.45) is 4.88. The molecule has 0 bridgehead atoms. The van der Waals surface area contributed by atoms with E-state index in [1.165, 1.54) is 6.20 Å². The maximum absolute atomic E-state index is 6.04. The van der Waals surface area contributed by atoms with E-state index in [1.807, 2.05) is 30.3 Å². The second kappa shape index (κ2) is 8.46. The van der Waals surface area contributed by atoms with Gasteiger partial charge in [0.25, 0.3) is 0 Å². The van der Waals surface area contributed by atoms with Crippen molar-refractivity contribution < 1.29 is 9.47 Å². The molecule has 0 saturated carbocycles. The number of rotatable bonds is 5. The topological polar surface area (TPSA) is 122 Å². The number of benzene rings is 1. The minimum atomic E-state index is -0.0195. The first-order valence-corrected chi connectivity index (χ1v) is 8.40. The predicted molar refractivity (Wildman–Crippen MR) is 105 cm³/mol. The van der Waals surface area contributed by atoms with Crippen molar-refractivity contribution in [2.75, 3.05) is 37.8 Å². The summed E-state index contributed by atoms with van der Waals surface area (Å²) >= 11 is 0. The quantitative estimate of drug-likeness (QED) is 0.555. The fourth-order valence-electron chi connectivity index (χ4n) is 2.65. The van der Waals surface area contributed by atoms with E-state index in [0.717, 1.165) is 22.3 Å². The van der Waals surface area contributed by atoms with Gasteiger partial charge in [0.2, 0.25) is 0 Å². The van der Waals surface area contributed by atoms with Gasteiger partial charge in [0.05, 0.1) is 26.4 Å². The molecule has 0 unspecified atom stereocenters. The largest absolute Gasteiger partial charge is 0.404 e. The van der Waals surface area contributed by atoms with E-state index < -0.39 is 0 Å². The van der Waals surface area contributed by atoms with Crippen molar-refractivity contribution in [3.8, 4) is 11.1 Å². The Hall–Kier alpha value is -2.90. The van der Waals surface area contributed by atoms with Gasteiger partial charge in [0, 0.05) is 41.0 Å². The van der Waals surface area contributed by atoms with Gasteiger partial charge in [-0.1, -0.05) is 12.1 Å². The lowest BCUT2D eigenvalue weighted by molar-refractivity contribution is -0.0832. The molecule has 1 fully saturated rings. The Morgan fingerprint density at radius 2 is 2.04 bits per heavy atom. The van der Waals surface area contributed by atoms with Crippen LogP contribution in [-0.2, 0) is 9.47 Å². The molecular weight excluding hydrogens is 330 g/mol. The normalized spacial score (nSPS) is 18.3. The van der Waals surface area contributed by atoms with Gasteiger partial charge in [-0.15, -0.1) is 0 Å². The average Bonchev–Trinajstić information content (AvgIpc) is 2.68. The third kappa shape index (κ3) is 4.38. The highest BCUT2D eigenvalue weighted by atomic mass is 16.6. The second-order valence-corrected chi connectivity index (χ2v) is 5.96. The van der Waals surface area contributed by atoms with Gasteiger partial charge in [-0.2, -0.15) is 0 Å². The molecule has 1 aliphatic heterocycles. The van der Waals surface area contributed by atoms with Crippen LogP contribution in [0, 0.1) is 0 Å². The molecule has 1 aromatic carbocycles. The molecular formula is C19H23N5O2. The van der Waals surface area contributed by atoms with Gasteiger partial charge >= 0.3 is 0 Å². The molecule has 3 rings (SSSR count). The van der Waals surface area contributed by atoms with Crippen LogP contribution in [0.3, 0.4) is 0 Å². The number of anilines is 2. The Bertz CT molecular complexity index is 796. The van der Waals surface area contributed by atoms with Gasteiger partial charge in [-0.3, -0.25) is 4.99 Å². The highest BCUT2D eigenvalue weighted by Gasteiger charge is 2.13. The Morgan fingerprint density at radius 3 is 2.73 bits per heavy atom. The number of aromatic nitrogens is 1. The van der Waals surface area contributed by atoms with E-state index in [0.29, 0.717) is 37.9 Å². The Morgan fingerprint density at radius 1 is 1.23 bits per heavy atom. The molecule has 136 valence electrons. The highest BCUT2D eigenvalue weighted by Crippen LogP contribution is 2.27. The molecule has 1 aliphatic rings. The van der Waals surface area contributed by atoms with Crippen molar-refractivity contribution in [3.63, 3.8) is 0 Å². The lowest BCUT2D eigenvalue weighted by Gasteiger charge is -2.21. The lowest BCUT2D eigenvalue weighted by atomic mass is 10.0. The van der Waals surface area contributed by atoms with Crippen molar-refractivity contribution in [1.82, 2.24) is 4.98 Å². The van der Waals surface area contributed by atoms with Gasteiger partial charge in [0.15, 0.2) is 0 Å². The molecule has 1 aromatic heterocycles. The maximum atomic E-state index is 6.04. The van der Waals surface area contributed by atoms with E-state index in [9.17, 15) is 0 Å². The molecule has 7 heteroatoms. The van der Waals surface area contributed by atoms with Gasteiger partial charge < -0.3 is 26.7 Å². The third-order valence-electron chi connectivity index (χ3n) is 4.08. The number of hydrogen-bond acceptors (Lipinski definition) is 7. The molecule has 0 amide bonds. The summed E-state index contributed by atoms with van der Waals surface area (Å²) in [6, 6.07) is 9.42. The minimum absolute atomic E-state index is 0.0195. The average molecular weight is 353 g/mol. The van der Waals surface area contributed by atoms with Crippen LogP contribution in [-0.4, -0.2) is 43.7 Å². The molecule has 0 aliphatic carbocycles. The van der Waals surface area contributed by atoms with Crippen LogP contribution in [0.25, 0.3) is 16.7 Å². The summed E-state index contributed by atoms with van der Waals surface area (Å²) in [4.78, 5) is 8.71. The van der Waals surface area contributed by atoms with Gasteiger partial charge in [-0.05, 0) is 23.8 Å². The highest BCUT2D eigenvalue weighted by molar-refractivity contribution is 6.10. The van der Waals surface area contributed by atoms with Crippen molar-refractivity contribution >= 4 is 23.3 Å². The van der Waals surface area contributed by atoms with Crippen LogP contribution in [0.5, 0.6) is 0 Å². The van der Waals surface area contributed by atoms with E-state index in [-0.39, 0.29) is 6.10 Å². The van der Waals surface area contributed by atoms with Crippen LogP contribution < -0.4 is 17.2 Å². The Labute approximate surface area is 152 Å². The molecule has 2 heterocycles. The second-order valence-electron chi connectivity index (χ2n) is 5.96. The minimum Gasteiger partial charge on any atom is -0.404 e. The molecule has 0 radical (unpaired) electrons. The third-order valence-corrected chi connectivity index (χ3v) is 4.08. The number of nitrogen functional groups attached to an aromatic ring is 2. The monoisotopic (exact) mass is 353 g/mol. The molecule has 0 spiro atoms. The van der Waals surface area contributed by atoms with E-state index in [1.54, 1.807) is 12.4 Å². The van der Waals surface area contributed by atoms with Gasteiger partial charge in [0.1, 0.15) is 11.9 Å². The standard InChI is InChI=1S/C19H23N5O2/c20-8-15(9-23-11-17-12-25-5-6-26-17)14-7-18(19(22)24-10-14)13-1-3-16(21)4-2-13/h1-4,7-10,17H,5-6,11-12,20-21H2,(H2,22,24)/t17-/m0/s1. The first-order valence-electron chi connectivity index (χ1n) is 8.40. The Balaban J connectivity index is 1.78. The zero-order valence-corrected chi connectivity index (χ0v) is 14.5. The summed E-state index contributed by atoms with van der Waals surface area (Å²) in [7, 11) is 0. The summed E-state index contributed by atoms with van der Waals surface area (Å²) < 4.78 is 10.9. The number of nitrogens with two attached hydrogens (primary N) is 3. The van der Waals surface area contributed by atoms with E-state index in [2.05, 4.69) is 9.98 Å². The number of allylic oxidation sites excluding steroid dienone is 1. The fourth-order valence-corrected chi connectivity index (χ4v) is 2.65. The van der Waals surface area contributed by atoms with Crippen LogP contribution in [0.15, 0.2) is 47.7 Å². The molecule has 2 aromatic rings. The predicted octanol–water partition coefficient (Wildman–Crippen LogP) is 1.70. The molecule has 26 heavy (non-hydrogen) atoms. The van der Waals surface area contributed by atoms with E-state index >= 15 is 0 Å². The van der Waals surface area contributed by atoms with Crippen LogP contribution in [0.2, 0.25) is 0 Å². The molecule has 7 nitrogen and oxygen atoms in total. The van der Waals surface area contributed by atoms with Crippen molar-refractivity contribution in [2.24, 2.45) is 10.7 Å². The van der Waals surface area contributed by atoms with Crippen molar-refractivity contribution in [1.29, 1.82) is 0 Å². The van der Waals surface area contributed by atoms with Crippen LogP contribution in [0.1, 0.15) is 5.56 Å². The van der Waals surface area contributed by atoms with Gasteiger partial charge in [-0.25, -0.2) is 4.98 Å². The van der Waals surface area contributed by atoms with Crippen LogP contribution in [0.4, 0.5) is 11.5 Å². The molecule has 1 atom stereocenters. The number of aliphatic imine (C=N–C) groups is 1. The van der Waals surface area contributed by atoms with Crippen molar-refractivity contribution in [3.05, 3.63) is 48.3 Å². The number of ether oxygens (including phenoxy) is 2. The smallest absolute Gasteiger partial charge is 0.131 e. The summed E-state index contributed by atoms with van der Waals surface area (Å²) in [5, 5.41) is 0. The van der Waals surface area contributed by atoms with Crippen molar-refractivity contribution in [2.45, 2.75) is 6.10 Å². The number of nitrogens with zero attached hydrogens (tertiary/aromatic N) is 2. The lowest BCUT2D eigenvalue weighted by Crippen LogP contribution is -2.30. The SMILES string of the molecule is NC=C(C=NC[C@H]1COCCO1)c1cnc(N)c(-c2ccc(N)cc2)c1. The zero-order chi connectivity index (χ0) is 18.4. The van der Waals surface area contributed by atoms with Crippen LogP contribution >= 0.6 is 0 Å². The Kier molecular flexibility index (Phi) is 5.83.